The molecule has 30 heavy (non-hydrogen) atoms. The summed E-state index contributed by atoms with van der Waals surface area (Å²) >= 11 is 1.77. The summed E-state index contributed by atoms with van der Waals surface area (Å²) in [6.07, 6.45) is 9.84. The quantitative estimate of drug-likeness (QED) is 0.263. The van der Waals surface area contributed by atoms with Gasteiger partial charge in [0.15, 0.2) is 4.96 Å². The number of nitrogens with zero attached hydrogens (tertiary/aromatic N) is 3. The Kier molecular flexibility index (Phi) is 9.31. The third-order valence-corrected chi connectivity index (χ3v) is 5.78. The summed E-state index contributed by atoms with van der Waals surface area (Å²) in [5.41, 5.74) is 2.47. The zero-order valence-corrected chi connectivity index (χ0v) is 17.9. The van der Waals surface area contributed by atoms with Gasteiger partial charge in [0.1, 0.15) is 6.61 Å². The minimum absolute atomic E-state index is 0.0804. The SMILES string of the molecule is CC#CCOOOO.c1ccc(-c2cn3cc(CN4CCCCCC4)nc3s2)cc1. The molecule has 3 heterocycles. The van der Waals surface area contributed by atoms with Crippen molar-refractivity contribution in [1.29, 1.82) is 0 Å². The summed E-state index contributed by atoms with van der Waals surface area (Å²) in [5, 5.41) is 14.2. The molecule has 1 N–H and O–H groups in total. The smallest absolute Gasteiger partial charge is 0.194 e. The van der Waals surface area contributed by atoms with Gasteiger partial charge in [-0.2, -0.15) is 4.89 Å². The maximum atomic E-state index is 7.47. The van der Waals surface area contributed by atoms with E-state index in [1.54, 1.807) is 18.3 Å². The Labute approximate surface area is 180 Å². The number of likely N-dealkylation sites (tertiary alicyclic amines) is 1. The van der Waals surface area contributed by atoms with Crippen LogP contribution in [0.3, 0.4) is 0 Å². The molecule has 0 amide bonds. The van der Waals surface area contributed by atoms with Crippen molar-refractivity contribution in [3.05, 3.63) is 48.4 Å². The second kappa shape index (κ2) is 12.4. The molecule has 0 saturated carbocycles. The molecule has 160 valence electrons. The van der Waals surface area contributed by atoms with Crippen molar-refractivity contribution in [2.45, 2.75) is 39.2 Å². The number of benzene rings is 1. The van der Waals surface area contributed by atoms with Gasteiger partial charge in [-0.1, -0.05) is 60.4 Å². The van der Waals surface area contributed by atoms with E-state index in [4.69, 9.17) is 10.2 Å². The molecule has 1 aliphatic heterocycles. The first-order chi connectivity index (χ1) is 14.8. The van der Waals surface area contributed by atoms with Crippen LogP contribution in [0.25, 0.3) is 15.4 Å². The van der Waals surface area contributed by atoms with Crippen molar-refractivity contribution in [3.8, 4) is 22.3 Å². The predicted octanol–water partition coefficient (Wildman–Crippen LogP) is 4.80. The van der Waals surface area contributed by atoms with Crippen LogP contribution in [0.15, 0.2) is 42.7 Å². The first-order valence-electron chi connectivity index (χ1n) is 10.0. The van der Waals surface area contributed by atoms with Gasteiger partial charge in [-0.25, -0.2) is 10.2 Å². The average molecular weight is 430 g/mol. The topological polar surface area (TPSA) is 68.5 Å². The molecule has 0 spiro atoms. The lowest BCUT2D eigenvalue weighted by molar-refractivity contribution is -0.620. The van der Waals surface area contributed by atoms with E-state index in [0.717, 1.165) is 11.5 Å². The highest BCUT2D eigenvalue weighted by Crippen LogP contribution is 2.28. The van der Waals surface area contributed by atoms with Gasteiger partial charge in [0.2, 0.25) is 0 Å². The molecule has 1 aromatic carbocycles. The Morgan fingerprint density at radius 3 is 2.53 bits per heavy atom. The summed E-state index contributed by atoms with van der Waals surface area (Å²) in [7, 11) is 0. The largest absolute Gasteiger partial charge is 0.297 e. The van der Waals surface area contributed by atoms with Crippen LogP contribution in [-0.2, 0) is 21.5 Å². The van der Waals surface area contributed by atoms with E-state index in [0.29, 0.717) is 0 Å². The van der Waals surface area contributed by atoms with Crippen LogP contribution in [0.4, 0.5) is 0 Å². The molecule has 4 rings (SSSR count). The van der Waals surface area contributed by atoms with Gasteiger partial charge in [-0.15, -0.1) is 5.92 Å². The van der Waals surface area contributed by atoms with E-state index in [2.05, 4.69) is 78.8 Å². The van der Waals surface area contributed by atoms with Crippen LogP contribution in [0, 0.1) is 11.8 Å². The van der Waals surface area contributed by atoms with Crippen LogP contribution < -0.4 is 0 Å². The first kappa shape index (κ1) is 22.4. The summed E-state index contributed by atoms with van der Waals surface area (Å²) in [6, 6.07) is 10.5. The zero-order valence-electron chi connectivity index (χ0n) is 17.1. The molecule has 1 aliphatic rings. The highest BCUT2D eigenvalue weighted by Gasteiger charge is 2.13. The van der Waals surface area contributed by atoms with Crippen molar-refractivity contribution >= 4 is 16.3 Å². The summed E-state index contributed by atoms with van der Waals surface area (Å²) in [6.45, 7) is 5.18. The van der Waals surface area contributed by atoms with Gasteiger partial charge in [0, 0.05) is 18.9 Å². The van der Waals surface area contributed by atoms with E-state index in [9.17, 15) is 0 Å². The molecule has 0 bridgehead atoms. The Balaban J connectivity index is 0.000000275. The molecule has 1 saturated heterocycles. The fourth-order valence-corrected chi connectivity index (χ4v) is 4.32. The van der Waals surface area contributed by atoms with E-state index in [1.807, 2.05) is 0 Å². The molecule has 2 aromatic heterocycles. The number of fused-ring (bicyclic) bond motifs is 1. The molecule has 8 heteroatoms. The van der Waals surface area contributed by atoms with Crippen molar-refractivity contribution in [3.63, 3.8) is 0 Å². The van der Waals surface area contributed by atoms with Crippen molar-refractivity contribution in [2.75, 3.05) is 19.7 Å². The number of rotatable bonds is 6. The van der Waals surface area contributed by atoms with Crippen LogP contribution in [-0.4, -0.2) is 39.2 Å². The Hall–Kier alpha value is -2.25. The van der Waals surface area contributed by atoms with E-state index >= 15 is 0 Å². The van der Waals surface area contributed by atoms with Gasteiger partial charge >= 0.3 is 0 Å². The molecule has 1 fully saturated rings. The fraction of sp³-hybridized carbons (Fsp3) is 0.409. The third kappa shape index (κ3) is 6.92. The Morgan fingerprint density at radius 2 is 1.87 bits per heavy atom. The molecule has 7 nitrogen and oxygen atoms in total. The van der Waals surface area contributed by atoms with Crippen LogP contribution >= 0.6 is 11.3 Å². The van der Waals surface area contributed by atoms with Crippen molar-refractivity contribution in [1.82, 2.24) is 14.3 Å². The predicted molar refractivity (Wildman–Crippen MR) is 116 cm³/mol. The minimum atomic E-state index is 0.0804. The summed E-state index contributed by atoms with van der Waals surface area (Å²) < 4.78 is 2.18. The maximum absolute atomic E-state index is 7.47. The zero-order chi connectivity index (χ0) is 21.0. The monoisotopic (exact) mass is 429 g/mol. The highest BCUT2D eigenvalue weighted by molar-refractivity contribution is 7.20. The fourth-order valence-electron chi connectivity index (χ4n) is 3.33. The highest BCUT2D eigenvalue weighted by atomic mass is 32.1. The summed E-state index contributed by atoms with van der Waals surface area (Å²) in [5.74, 6) is 5.03. The second-order valence-electron chi connectivity index (χ2n) is 6.91. The van der Waals surface area contributed by atoms with Gasteiger partial charge in [0.05, 0.1) is 10.6 Å². The third-order valence-electron chi connectivity index (χ3n) is 4.73. The Morgan fingerprint density at radius 1 is 1.10 bits per heavy atom. The van der Waals surface area contributed by atoms with E-state index in [1.165, 1.54) is 54.9 Å². The van der Waals surface area contributed by atoms with Gasteiger partial charge < -0.3 is 0 Å². The van der Waals surface area contributed by atoms with Crippen LogP contribution in [0.2, 0.25) is 0 Å². The van der Waals surface area contributed by atoms with E-state index < -0.39 is 0 Å². The molecule has 0 aliphatic carbocycles. The number of hydrogen-bond acceptors (Lipinski definition) is 7. The first-order valence-corrected chi connectivity index (χ1v) is 10.9. The maximum Gasteiger partial charge on any atom is 0.194 e. The minimum Gasteiger partial charge on any atom is -0.297 e. The lowest BCUT2D eigenvalue weighted by atomic mass is 10.2. The number of imidazole rings is 1. The van der Waals surface area contributed by atoms with Gasteiger partial charge in [-0.3, -0.25) is 9.30 Å². The molecular weight excluding hydrogens is 402 g/mol. The average Bonchev–Trinajstić information content (AvgIpc) is 3.22. The Bertz CT molecular complexity index is 906. The number of hydrogen-bond donors (Lipinski definition) is 1. The second-order valence-corrected chi connectivity index (χ2v) is 7.91. The normalized spacial score (nSPS) is 14.5. The van der Waals surface area contributed by atoms with Crippen LogP contribution in [0.5, 0.6) is 0 Å². The van der Waals surface area contributed by atoms with Gasteiger partial charge in [-0.05, 0) is 48.5 Å². The molecule has 3 aromatic rings. The summed E-state index contributed by atoms with van der Waals surface area (Å²) in [4.78, 5) is 13.8. The molecule has 0 unspecified atom stereocenters. The van der Waals surface area contributed by atoms with Crippen LogP contribution in [0.1, 0.15) is 38.3 Å². The lowest BCUT2D eigenvalue weighted by Gasteiger charge is -2.17. The number of thiazole rings is 1. The molecule has 0 radical (unpaired) electrons. The standard InChI is InChI=1S/C18H21N3S.C4H6O4/c1-2-7-11-20(10-6-1)12-16-13-21-14-17(22-18(21)19-16)15-8-4-3-5-9-15;1-2-3-4-6-8-7-5/h3-5,8-9,13-14H,1-2,6-7,10-12H2;5H,4H2,1H3. The van der Waals surface area contributed by atoms with E-state index in [-0.39, 0.29) is 6.61 Å². The number of aromatic nitrogens is 2. The van der Waals surface area contributed by atoms with Crippen molar-refractivity contribution in [2.24, 2.45) is 0 Å². The lowest BCUT2D eigenvalue weighted by Crippen LogP contribution is -2.24. The van der Waals surface area contributed by atoms with Crippen molar-refractivity contribution < 1.29 is 20.2 Å². The molecule has 0 atom stereocenters. The van der Waals surface area contributed by atoms with Gasteiger partial charge in [0.25, 0.3) is 0 Å². The molecular formula is C22H27N3O4S.